The van der Waals surface area contributed by atoms with Crippen LogP contribution < -0.4 is 19.5 Å². The fraction of sp³-hybridized carbons (Fsp3) is 0.417. The average Bonchev–Trinajstić information content (AvgIpc) is 3.35. The monoisotopic (exact) mass is 441 g/mol. The molecule has 1 amide bonds. The number of hydrogen-bond donors (Lipinski definition) is 1. The summed E-state index contributed by atoms with van der Waals surface area (Å²) in [5, 5.41) is 2.75. The third-order valence-electron chi connectivity index (χ3n) is 5.23. The molecule has 0 radical (unpaired) electrons. The number of benzene rings is 2. The van der Waals surface area contributed by atoms with Crippen LogP contribution in [0.2, 0.25) is 0 Å². The third-order valence-corrected chi connectivity index (χ3v) is 5.23. The molecule has 0 bridgehead atoms. The van der Waals surface area contributed by atoms with E-state index in [0.717, 1.165) is 36.5 Å². The number of ether oxygens (including phenoxy) is 5. The first kappa shape index (κ1) is 22.0. The first-order chi connectivity index (χ1) is 15.7. The molecule has 0 spiro atoms. The number of nitrogens with one attached hydrogen (secondary N) is 1. The highest BCUT2D eigenvalue weighted by Gasteiger charge is 2.16. The fourth-order valence-electron chi connectivity index (χ4n) is 3.51. The largest absolute Gasteiger partial charge is 0.491 e. The molecule has 8 nitrogen and oxygen atoms in total. The molecule has 8 heteroatoms. The minimum atomic E-state index is -0.558. The summed E-state index contributed by atoms with van der Waals surface area (Å²) in [6.07, 6.45) is 2.82. The fourth-order valence-corrected chi connectivity index (χ4v) is 3.51. The smallest absolute Gasteiger partial charge is 0.338 e. The summed E-state index contributed by atoms with van der Waals surface area (Å²) in [5.74, 6) is 1.20. The van der Waals surface area contributed by atoms with Crippen molar-refractivity contribution in [1.29, 1.82) is 0 Å². The zero-order valence-corrected chi connectivity index (χ0v) is 17.8. The van der Waals surface area contributed by atoms with Crippen molar-refractivity contribution in [3.05, 3.63) is 53.6 Å². The molecule has 170 valence electrons. The lowest BCUT2D eigenvalue weighted by Crippen LogP contribution is -2.30. The van der Waals surface area contributed by atoms with Gasteiger partial charge in [-0.2, -0.15) is 0 Å². The van der Waals surface area contributed by atoms with E-state index < -0.39 is 5.97 Å². The Balaban J connectivity index is 1.15. The molecule has 2 aliphatic rings. The van der Waals surface area contributed by atoms with Crippen molar-refractivity contribution in [2.45, 2.75) is 25.4 Å². The Labute approximate surface area is 186 Å². The van der Waals surface area contributed by atoms with Crippen molar-refractivity contribution in [1.82, 2.24) is 5.32 Å². The zero-order valence-electron chi connectivity index (χ0n) is 17.8. The number of esters is 1. The lowest BCUT2D eigenvalue weighted by molar-refractivity contribution is -0.124. The Kier molecular flexibility index (Phi) is 7.45. The molecular weight excluding hydrogens is 414 g/mol. The van der Waals surface area contributed by atoms with E-state index in [1.54, 1.807) is 24.3 Å². The van der Waals surface area contributed by atoms with Gasteiger partial charge >= 0.3 is 5.97 Å². The second-order valence-electron chi connectivity index (χ2n) is 7.62. The molecule has 1 saturated heterocycles. The van der Waals surface area contributed by atoms with Gasteiger partial charge in [0.05, 0.1) is 11.7 Å². The van der Waals surface area contributed by atoms with Crippen LogP contribution in [0.1, 0.15) is 28.8 Å². The highest BCUT2D eigenvalue weighted by molar-refractivity contribution is 5.91. The first-order valence-corrected chi connectivity index (χ1v) is 10.8. The van der Waals surface area contributed by atoms with Gasteiger partial charge < -0.3 is 29.0 Å². The van der Waals surface area contributed by atoms with E-state index in [2.05, 4.69) is 5.32 Å². The van der Waals surface area contributed by atoms with Crippen molar-refractivity contribution in [2.24, 2.45) is 0 Å². The number of amides is 1. The predicted octanol–water partition coefficient (Wildman–Crippen LogP) is 2.53. The second kappa shape index (κ2) is 10.9. The number of carbonyl (C=O) groups excluding carboxylic acids is 2. The summed E-state index contributed by atoms with van der Waals surface area (Å²) in [7, 11) is 0. The summed E-state index contributed by atoms with van der Waals surface area (Å²) < 4.78 is 27.4. The van der Waals surface area contributed by atoms with Crippen LogP contribution in [0.25, 0.3) is 0 Å². The van der Waals surface area contributed by atoms with E-state index in [4.69, 9.17) is 23.7 Å². The summed E-state index contributed by atoms with van der Waals surface area (Å²) in [6, 6.07) is 12.4. The van der Waals surface area contributed by atoms with Crippen molar-refractivity contribution < 1.29 is 33.3 Å². The van der Waals surface area contributed by atoms with Gasteiger partial charge in [-0.3, -0.25) is 4.79 Å². The molecule has 1 N–H and O–H groups in total. The Morgan fingerprint density at radius 3 is 2.59 bits per heavy atom. The molecule has 2 aliphatic heterocycles. The second-order valence-corrected chi connectivity index (χ2v) is 7.62. The maximum atomic E-state index is 12.2. The van der Waals surface area contributed by atoms with Gasteiger partial charge in [0.2, 0.25) is 0 Å². The summed E-state index contributed by atoms with van der Waals surface area (Å²) in [5.41, 5.74) is 1.38. The summed E-state index contributed by atoms with van der Waals surface area (Å²) in [6.45, 7) is 2.45. The van der Waals surface area contributed by atoms with E-state index >= 15 is 0 Å². The molecule has 2 aromatic carbocycles. The van der Waals surface area contributed by atoms with Crippen LogP contribution in [-0.2, 0) is 20.7 Å². The molecule has 1 unspecified atom stereocenters. The van der Waals surface area contributed by atoms with Gasteiger partial charge in [-0.1, -0.05) is 6.07 Å². The van der Waals surface area contributed by atoms with Crippen LogP contribution in [0, 0.1) is 0 Å². The number of rotatable bonds is 9. The Hall–Kier alpha value is -3.26. The van der Waals surface area contributed by atoms with Gasteiger partial charge in [0.15, 0.2) is 18.1 Å². The highest BCUT2D eigenvalue weighted by Crippen LogP contribution is 2.30. The Morgan fingerprint density at radius 2 is 1.81 bits per heavy atom. The van der Waals surface area contributed by atoms with Gasteiger partial charge in [0, 0.05) is 13.2 Å². The van der Waals surface area contributed by atoms with Crippen LogP contribution in [0.5, 0.6) is 17.2 Å². The van der Waals surface area contributed by atoms with Crippen LogP contribution in [0.15, 0.2) is 42.5 Å². The normalized spacial score (nSPS) is 16.9. The van der Waals surface area contributed by atoms with Gasteiger partial charge in [-0.25, -0.2) is 4.79 Å². The molecule has 0 aromatic heterocycles. The standard InChI is InChI=1S/C24H27NO7/c26-23(25-10-9-17-3-8-21-22(14-17)30-13-12-29-21)16-32-24(27)18-4-6-19(7-5-18)31-15-20-2-1-11-28-20/h3-8,14,20H,1-2,9-13,15-16H2,(H,25,26). The third kappa shape index (κ3) is 6.13. The van der Waals surface area contributed by atoms with E-state index in [1.165, 1.54) is 0 Å². The molecule has 0 saturated carbocycles. The van der Waals surface area contributed by atoms with Crippen LogP contribution >= 0.6 is 0 Å². The number of fused-ring (bicyclic) bond motifs is 1. The predicted molar refractivity (Wildman–Crippen MR) is 115 cm³/mol. The number of hydrogen-bond acceptors (Lipinski definition) is 7. The van der Waals surface area contributed by atoms with Crippen LogP contribution in [0.4, 0.5) is 0 Å². The molecule has 1 atom stereocenters. The van der Waals surface area contributed by atoms with E-state index in [-0.39, 0.29) is 18.6 Å². The Morgan fingerprint density at radius 1 is 1.00 bits per heavy atom. The minimum Gasteiger partial charge on any atom is -0.491 e. The van der Waals surface area contributed by atoms with E-state index in [1.807, 2.05) is 18.2 Å². The molecule has 2 heterocycles. The van der Waals surface area contributed by atoms with E-state index in [9.17, 15) is 9.59 Å². The van der Waals surface area contributed by atoms with Gasteiger partial charge in [0.25, 0.3) is 5.91 Å². The van der Waals surface area contributed by atoms with Gasteiger partial charge in [0.1, 0.15) is 25.6 Å². The zero-order chi connectivity index (χ0) is 22.2. The quantitative estimate of drug-likeness (QED) is 0.598. The molecule has 4 rings (SSSR count). The molecular formula is C24H27NO7. The lowest BCUT2D eigenvalue weighted by Gasteiger charge is -2.18. The van der Waals surface area contributed by atoms with Crippen molar-refractivity contribution >= 4 is 11.9 Å². The maximum Gasteiger partial charge on any atom is 0.338 e. The van der Waals surface area contributed by atoms with Crippen LogP contribution in [0.3, 0.4) is 0 Å². The SMILES string of the molecule is O=C(COC(=O)c1ccc(OCC2CCCO2)cc1)NCCc1ccc2c(c1)OCCO2. The van der Waals surface area contributed by atoms with Crippen molar-refractivity contribution in [2.75, 3.05) is 39.6 Å². The van der Waals surface area contributed by atoms with Gasteiger partial charge in [-0.15, -0.1) is 0 Å². The van der Waals surface area contributed by atoms with Crippen molar-refractivity contribution in [3.8, 4) is 17.2 Å². The summed E-state index contributed by atoms with van der Waals surface area (Å²) >= 11 is 0. The van der Waals surface area contributed by atoms with Crippen molar-refractivity contribution in [3.63, 3.8) is 0 Å². The molecule has 2 aromatic rings. The molecule has 32 heavy (non-hydrogen) atoms. The van der Waals surface area contributed by atoms with E-state index in [0.29, 0.717) is 44.1 Å². The topological polar surface area (TPSA) is 92.3 Å². The maximum absolute atomic E-state index is 12.2. The highest BCUT2D eigenvalue weighted by atomic mass is 16.6. The minimum absolute atomic E-state index is 0.132. The Bertz CT molecular complexity index is 922. The molecule has 1 fully saturated rings. The molecule has 0 aliphatic carbocycles. The number of carbonyl (C=O) groups is 2. The van der Waals surface area contributed by atoms with Gasteiger partial charge in [-0.05, 0) is 61.2 Å². The average molecular weight is 441 g/mol. The first-order valence-electron chi connectivity index (χ1n) is 10.8. The lowest BCUT2D eigenvalue weighted by atomic mass is 10.1. The summed E-state index contributed by atoms with van der Waals surface area (Å²) in [4.78, 5) is 24.2. The van der Waals surface area contributed by atoms with Crippen LogP contribution in [-0.4, -0.2) is 57.6 Å².